The van der Waals surface area contributed by atoms with Crippen molar-refractivity contribution in [1.82, 2.24) is 14.5 Å². The Balaban J connectivity index is 1.75. The fourth-order valence-electron chi connectivity index (χ4n) is 3.84. The Labute approximate surface area is 131 Å². The Kier molecular flexibility index (Phi) is 4.65. The fourth-order valence-corrected chi connectivity index (χ4v) is 3.98. The van der Waals surface area contributed by atoms with Crippen molar-refractivity contribution >= 4 is 17.4 Å². The summed E-state index contributed by atoms with van der Waals surface area (Å²) in [6.07, 6.45) is 9.45. The SMILES string of the molecule is Cn1c(Cl)cnc1CN1CCCCC1C1CCCCC1=O. The molecule has 0 aromatic carbocycles. The summed E-state index contributed by atoms with van der Waals surface area (Å²) >= 11 is 6.08. The first kappa shape index (κ1) is 15.0. The molecule has 1 aliphatic carbocycles. The highest BCUT2D eigenvalue weighted by Gasteiger charge is 2.35. The molecule has 2 fully saturated rings. The monoisotopic (exact) mass is 309 g/mol. The van der Waals surface area contributed by atoms with Gasteiger partial charge in [-0.25, -0.2) is 4.98 Å². The molecule has 0 N–H and O–H groups in total. The lowest BCUT2D eigenvalue weighted by atomic mass is 9.79. The second-order valence-corrected chi connectivity index (χ2v) is 6.80. The largest absolute Gasteiger partial charge is 0.321 e. The summed E-state index contributed by atoms with van der Waals surface area (Å²) in [6.45, 7) is 1.87. The Bertz CT molecular complexity index is 514. The zero-order valence-corrected chi connectivity index (χ0v) is 13.5. The number of carbonyl (C=O) groups is 1. The molecule has 21 heavy (non-hydrogen) atoms. The number of nitrogens with zero attached hydrogens (tertiary/aromatic N) is 3. The summed E-state index contributed by atoms with van der Waals surface area (Å²) in [4.78, 5) is 19.2. The van der Waals surface area contributed by atoms with Gasteiger partial charge in [0.15, 0.2) is 0 Å². The number of hydrogen-bond donors (Lipinski definition) is 0. The van der Waals surface area contributed by atoms with E-state index in [0.717, 1.165) is 44.6 Å². The molecule has 116 valence electrons. The molecule has 0 amide bonds. The molecular weight excluding hydrogens is 286 g/mol. The Morgan fingerprint density at radius 1 is 1.29 bits per heavy atom. The maximum absolute atomic E-state index is 12.3. The van der Waals surface area contributed by atoms with Gasteiger partial charge in [-0.15, -0.1) is 0 Å². The highest BCUT2D eigenvalue weighted by atomic mass is 35.5. The predicted molar refractivity (Wildman–Crippen MR) is 83.2 cm³/mol. The van der Waals surface area contributed by atoms with Crippen molar-refractivity contribution in [3.05, 3.63) is 17.2 Å². The van der Waals surface area contributed by atoms with Crippen LogP contribution in [0.1, 0.15) is 50.8 Å². The Morgan fingerprint density at radius 2 is 2.10 bits per heavy atom. The molecule has 1 saturated heterocycles. The zero-order chi connectivity index (χ0) is 14.8. The number of rotatable bonds is 3. The van der Waals surface area contributed by atoms with E-state index in [1.807, 2.05) is 11.6 Å². The number of Topliss-reactive ketones (excluding diaryl/α,β-unsaturated/α-hetero) is 1. The molecule has 2 atom stereocenters. The van der Waals surface area contributed by atoms with Crippen LogP contribution in [0.15, 0.2) is 6.20 Å². The van der Waals surface area contributed by atoms with Crippen LogP contribution in [-0.2, 0) is 18.4 Å². The number of likely N-dealkylation sites (tertiary alicyclic amines) is 1. The van der Waals surface area contributed by atoms with Crippen molar-refractivity contribution < 1.29 is 4.79 Å². The van der Waals surface area contributed by atoms with E-state index in [1.54, 1.807) is 6.20 Å². The summed E-state index contributed by atoms with van der Waals surface area (Å²) in [6, 6.07) is 0.405. The van der Waals surface area contributed by atoms with Crippen LogP contribution in [0.25, 0.3) is 0 Å². The second-order valence-electron chi connectivity index (χ2n) is 6.41. The van der Waals surface area contributed by atoms with Gasteiger partial charge in [0.2, 0.25) is 0 Å². The summed E-state index contributed by atoms with van der Waals surface area (Å²) in [5, 5.41) is 0.673. The van der Waals surface area contributed by atoms with E-state index in [4.69, 9.17) is 11.6 Å². The number of imidazole rings is 1. The lowest BCUT2D eigenvalue weighted by Gasteiger charge is -2.41. The molecule has 1 aliphatic heterocycles. The van der Waals surface area contributed by atoms with Crippen molar-refractivity contribution in [2.75, 3.05) is 6.54 Å². The van der Waals surface area contributed by atoms with Gasteiger partial charge in [0.05, 0.1) is 12.7 Å². The van der Waals surface area contributed by atoms with Crippen LogP contribution in [-0.4, -0.2) is 32.8 Å². The van der Waals surface area contributed by atoms with Gasteiger partial charge in [0, 0.05) is 25.4 Å². The molecule has 1 saturated carbocycles. The molecule has 3 rings (SSSR count). The molecule has 2 heterocycles. The maximum Gasteiger partial charge on any atom is 0.137 e. The normalized spacial score (nSPS) is 28.0. The molecule has 5 heteroatoms. The molecule has 0 radical (unpaired) electrons. The van der Waals surface area contributed by atoms with Crippen LogP contribution in [0.2, 0.25) is 5.15 Å². The van der Waals surface area contributed by atoms with Gasteiger partial charge >= 0.3 is 0 Å². The minimum absolute atomic E-state index is 0.245. The standard InChI is InChI=1S/C16H24ClN3O/c1-19-15(17)10-18-16(19)11-20-9-5-4-7-13(20)12-6-2-3-8-14(12)21/h10,12-13H,2-9,11H2,1H3. The quantitative estimate of drug-likeness (QED) is 0.860. The van der Waals surface area contributed by atoms with Crippen LogP contribution in [0, 0.1) is 5.92 Å². The molecule has 2 unspecified atom stereocenters. The highest BCUT2D eigenvalue weighted by Crippen LogP contribution is 2.32. The lowest BCUT2D eigenvalue weighted by molar-refractivity contribution is -0.127. The molecular formula is C16H24ClN3O. The zero-order valence-electron chi connectivity index (χ0n) is 12.7. The van der Waals surface area contributed by atoms with E-state index < -0.39 is 0 Å². The van der Waals surface area contributed by atoms with E-state index in [9.17, 15) is 4.79 Å². The summed E-state index contributed by atoms with van der Waals surface area (Å²) in [7, 11) is 1.95. The number of halogens is 1. The van der Waals surface area contributed by atoms with Crippen molar-refractivity contribution in [1.29, 1.82) is 0 Å². The number of aromatic nitrogens is 2. The van der Waals surface area contributed by atoms with Crippen LogP contribution >= 0.6 is 11.6 Å². The first-order valence-corrected chi connectivity index (χ1v) is 8.47. The summed E-state index contributed by atoms with van der Waals surface area (Å²) < 4.78 is 1.94. The molecule has 1 aromatic heterocycles. The average Bonchev–Trinajstić information content (AvgIpc) is 2.81. The minimum atomic E-state index is 0.245. The Morgan fingerprint density at radius 3 is 2.81 bits per heavy atom. The van der Waals surface area contributed by atoms with Crippen molar-refractivity contribution in [2.24, 2.45) is 13.0 Å². The van der Waals surface area contributed by atoms with Gasteiger partial charge in [-0.3, -0.25) is 9.69 Å². The van der Waals surface area contributed by atoms with E-state index in [-0.39, 0.29) is 5.92 Å². The van der Waals surface area contributed by atoms with E-state index in [1.165, 1.54) is 19.3 Å². The fraction of sp³-hybridized carbons (Fsp3) is 0.750. The van der Waals surface area contributed by atoms with Crippen molar-refractivity contribution in [2.45, 2.75) is 57.5 Å². The first-order chi connectivity index (χ1) is 10.2. The summed E-state index contributed by atoms with van der Waals surface area (Å²) in [5.41, 5.74) is 0. The molecule has 0 spiro atoms. The van der Waals surface area contributed by atoms with Gasteiger partial charge in [-0.05, 0) is 32.2 Å². The lowest BCUT2D eigenvalue weighted by Crippen LogP contribution is -2.47. The number of ketones is 1. The second kappa shape index (κ2) is 6.49. The summed E-state index contributed by atoms with van der Waals surface area (Å²) in [5.74, 6) is 1.72. The van der Waals surface area contributed by atoms with Crippen molar-refractivity contribution in [3.8, 4) is 0 Å². The molecule has 0 bridgehead atoms. The number of carbonyl (C=O) groups excluding carboxylic acids is 1. The van der Waals surface area contributed by atoms with Gasteiger partial charge in [0.25, 0.3) is 0 Å². The van der Waals surface area contributed by atoms with E-state index >= 15 is 0 Å². The first-order valence-electron chi connectivity index (χ1n) is 8.09. The van der Waals surface area contributed by atoms with Gasteiger partial charge in [-0.2, -0.15) is 0 Å². The minimum Gasteiger partial charge on any atom is -0.321 e. The predicted octanol–water partition coefficient (Wildman–Crippen LogP) is 3.19. The van der Waals surface area contributed by atoms with Crippen LogP contribution in [0.3, 0.4) is 0 Å². The van der Waals surface area contributed by atoms with Gasteiger partial charge in [-0.1, -0.05) is 24.4 Å². The van der Waals surface area contributed by atoms with Crippen LogP contribution in [0.5, 0.6) is 0 Å². The van der Waals surface area contributed by atoms with E-state index in [2.05, 4.69) is 9.88 Å². The average molecular weight is 310 g/mol. The molecule has 1 aromatic rings. The highest BCUT2D eigenvalue weighted by molar-refractivity contribution is 6.29. The molecule has 2 aliphatic rings. The van der Waals surface area contributed by atoms with E-state index in [0.29, 0.717) is 17.0 Å². The maximum atomic E-state index is 12.3. The third kappa shape index (κ3) is 3.16. The topological polar surface area (TPSA) is 38.1 Å². The molecule has 4 nitrogen and oxygen atoms in total. The van der Waals surface area contributed by atoms with Crippen LogP contribution in [0.4, 0.5) is 0 Å². The van der Waals surface area contributed by atoms with Gasteiger partial charge in [0.1, 0.15) is 16.8 Å². The Hall–Kier alpha value is -0.870. The number of piperidine rings is 1. The van der Waals surface area contributed by atoms with Gasteiger partial charge < -0.3 is 4.57 Å². The number of hydrogen-bond acceptors (Lipinski definition) is 3. The third-order valence-electron chi connectivity index (χ3n) is 5.10. The third-order valence-corrected chi connectivity index (χ3v) is 5.45. The smallest absolute Gasteiger partial charge is 0.137 e. The van der Waals surface area contributed by atoms with Crippen LogP contribution < -0.4 is 0 Å². The van der Waals surface area contributed by atoms with Crippen molar-refractivity contribution in [3.63, 3.8) is 0 Å².